The molecule has 5 nitrogen and oxygen atoms in total. The number of urea groups is 1. The van der Waals surface area contributed by atoms with Crippen molar-refractivity contribution in [3.05, 3.63) is 58.9 Å². The van der Waals surface area contributed by atoms with Crippen LogP contribution in [0, 0.1) is 5.82 Å². The Hall–Kier alpha value is -2.60. The van der Waals surface area contributed by atoms with E-state index in [2.05, 4.69) is 10.6 Å². The second kappa shape index (κ2) is 7.60. The highest BCUT2D eigenvalue weighted by molar-refractivity contribution is 6.30. The number of hydrogen-bond donors (Lipinski definition) is 2. The van der Waals surface area contributed by atoms with E-state index in [1.165, 1.54) is 24.3 Å². The molecule has 2 aromatic carbocycles. The fourth-order valence-corrected chi connectivity index (χ4v) is 1.94. The predicted molar refractivity (Wildman–Crippen MR) is 86.4 cm³/mol. The largest absolute Gasteiger partial charge is 0.462 e. The lowest BCUT2D eigenvalue weighted by Gasteiger charge is -2.09. The van der Waals surface area contributed by atoms with E-state index in [1.54, 1.807) is 19.1 Å². The summed E-state index contributed by atoms with van der Waals surface area (Å²) >= 11 is 5.64. The third-order valence-corrected chi connectivity index (χ3v) is 3.07. The molecule has 0 spiro atoms. The van der Waals surface area contributed by atoms with E-state index in [0.29, 0.717) is 11.3 Å². The van der Waals surface area contributed by atoms with Gasteiger partial charge in [-0.25, -0.2) is 14.0 Å². The van der Waals surface area contributed by atoms with E-state index < -0.39 is 17.8 Å². The molecule has 0 aliphatic rings. The zero-order valence-electron chi connectivity index (χ0n) is 12.2. The highest BCUT2D eigenvalue weighted by Gasteiger charge is 2.09. The van der Waals surface area contributed by atoms with Crippen molar-refractivity contribution in [2.75, 3.05) is 17.2 Å². The quantitative estimate of drug-likeness (QED) is 0.818. The number of hydrogen-bond acceptors (Lipinski definition) is 3. The second-order valence-corrected chi connectivity index (χ2v) is 4.94. The van der Waals surface area contributed by atoms with E-state index in [4.69, 9.17) is 16.3 Å². The number of nitrogens with one attached hydrogen (secondary N) is 2. The minimum Gasteiger partial charge on any atom is -0.462 e. The normalized spacial score (nSPS) is 10.0. The second-order valence-electron chi connectivity index (χ2n) is 4.50. The van der Waals surface area contributed by atoms with Crippen LogP contribution in [0.3, 0.4) is 0 Å². The van der Waals surface area contributed by atoms with E-state index in [9.17, 15) is 14.0 Å². The third kappa shape index (κ3) is 4.69. The van der Waals surface area contributed by atoms with Gasteiger partial charge in [-0.1, -0.05) is 11.6 Å². The van der Waals surface area contributed by atoms with Crippen LogP contribution in [-0.4, -0.2) is 18.6 Å². The highest BCUT2D eigenvalue weighted by Crippen LogP contribution is 2.19. The first-order chi connectivity index (χ1) is 11.0. The molecule has 2 rings (SSSR count). The van der Waals surface area contributed by atoms with Gasteiger partial charge in [0.15, 0.2) is 0 Å². The van der Waals surface area contributed by atoms with Crippen molar-refractivity contribution < 1.29 is 18.7 Å². The zero-order valence-corrected chi connectivity index (χ0v) is 13.0. The summed E-state index contributed by atoms with van der Waals surface area (Å²) in [6.45, 7) is 2.00. The Labute approximate surface area is 137 Å². The molecule has 0 aliphatic heterocycles. The van der Waals surface area contributed by atoms with Gasteiger partial charge in [0.1, 0.15) is 5.82 Å². The summed E-state index contributed by atoms with van der Waals surface area (Å²) in [5.74, 6) is -1.07. The molecule has 2 N–H and O–H groups in total. The number of rotatable bonds is 4. The standard InChI is InChI=1S/C16H14ClFN2O3/c1-2-23-15(21)10-3-6-12(7-4-10)19-16(22)20-14-8-5-11(17)9-13(14)18/h3-9H,2H2,1H3,(H2,19,20,22). The van der Waals surface area contributed by atoms with Crippen LogP contribution < -0.4 is 10.6 Å². The number of benzene rings is 2. The lowest BCUT2D eigenvalue weighted by Crippen LogP contribution is -2.20. The fourth-order valence-electron chi connectivity index (χ4n) is 1.78. The topological polar surface area (TPSA) is 67.4 Å². The van der Waals surface area contributed by atoms with E-state index in [-0.39, 0.29) is 17.3 Å². The van der Waals surface area contributed by atoms with Crippen molar-refractivity contribution in [1.29, 1.82) is 0 Å². The molecule has 0 aliphatic carbocycles. The monoisotopic (exact) mass is 336 g/mol. The number of anilines is 2. The van der Waals surface area contributed by atoms with Gasteiger partial charge in [-0.05, 0) is 49.4 Å². The molecule has 0 bridgehead atoms. The molecule has 7 heteroatoms. The zero-order chi connectivity index (χ0) is 16.8. The molecule has 0 radical (unpaired) electrons. The maximum Gasteiger partial charge on any atom is 0.338 e. The van der Waals surface area contributed by atoms with Crippen LogP contribution in [0.4, 0.5) is 20.6 Å². The average molecular weight is 337 g/mol. The first-order valence-corrected chi connectivity index (χ1v) is 7.17. The number of carbonyl (C=O) groups excluding carboxylic acids is 2. The first kappa shape index (κ1) is 16.8. The average Bonchev–Trinajstić information content (AvgIpc) is 2.51. The van der Waals surface area contributed by atoms with Crippen LogP contribution in [0.2, 0.25) is 5.02 Å². The van der Waals surface area contributed by atoms with Gasteiger partial charge in [0, 0.05) is 10.7 Å². The van der Waals surface area contributed by atoms with Crippen molar-refractivity contribution in [3.63, 3.8) is 0 Å². The predicted octanol–water partition coefficient (Wildman–Crippen LogP) is 4.30. The molecule has 2 amide bonds. The lowest BCUT2D eigenvalue weighted by atomic mass is 10.2. The Kier molecular flexibility index (Phi) is 5.54. The van der Waals surface area contributed by atoms with Crippen molar-refractivity contribution in [3.8, 4) is 0 Å². The van der Waals surface area contributed by atoms with E-state index in [0.717, 1.165) is 6.07 Å². The Morgan fingerprint density at radius 1 is 1.13 bits per heavy atom. The summed E-state index contributed by atoms with van der Waals surface area (Å²) < 4.78 is 18.4. The fraction of sp³-hybridized carbons (Fsp3) is 0.125. The Balaban J connectivity index is 1.98. The van der Waals surface area contributed by atoms with Crippen molar-refractivity contribution >= 4 is 35.0 Å². The van der Waals surface area contributed by atoms with Gasteiger partial charge in [-0.2, -0.15) is 0 Å². The van der Waals surface area contributed by atoms with Gasteiger partial charge < -0.3 is 15.4 Å². The molecule has 0 saturated carbocycles. The minimum atomic E-state index is -0.634. The number of carbonyl (C=O) groups is 2. The number of amides is 2. The third-order valence-electron chi connectivity index (χ3n) is 2.83. The number of esters is 1. The van der Waals surface area contributed by atoms with Crippen LogP contribution in [0.25, 0.3) is 0 Å². The molecule has 2 aromatic rings. The molecular weight excluding hydrogens is 323 g/mol. The SMILES string of the molecule is CCOC(=O)c1ccc(NC(=O)Nc2ccc(Cl)cc2F)cc1. The Morgan fingerprint density at radius 2 is 1.83 bits per heavy atom. The maximum absolute atomic E-state index is 13.6. The molecule has 0 saturated heterocycles. The van der Waals surface area contributed by atoms with Gasteiger partial charge in [0.2, 0.25) is 0 Å². The van der Waals surface area contributed by atoms with E-state index >= 15 is 0 Å². The van der Waals surface area contributed by atoms with Gasteiger partial charge in [-0.3, -0.25) is 0 Å². The molecule has 0 aromatic heterocycles. The Bertz CT molecular complexity index is 720. The van der Waals surface area contributed by atoms with Crippen LogP contribution in [0.1, 0.15) is 17.3 Å². The van der Waals surface area contributed by atoms with Crippen LogP contribution in [0.15, 0.2) is 42.5 Å². The molecule has 120 valence electrons. The first-order valence-electron chi connectivity index (χ1n) is 6.80. The van der Waals surface area contributed by atoms with Crippen molar-refractivity contribution in [2.24, 2.45) is 0 Å². The lowest BCUT2D eigenvalue weighted by molar-refractivity contribution is 0.0526. The minimum absolute atomic E-state index is 0.00930. The number of ether oxygens (including phenoxy) is 1. The smallest absolute Gasteiger partial charge is 0.338 e. The van der Waals surface area contributed by atoms with Gasteiger partial charge >= 0.3 is 12.0 Å². The highest BCUT2D eigenvalue weighted by atomic mass is 35.5. The summed E-state index contributed by atoms with van der Waals surface area (Å²) in [4.78, 5) is 23.3. The van der Waals surface area contributed by atoms with Gasteiger partial charge in [-0.15, -0.1) is 0 Å². The maximum atomic E-state index is 13.6. The van der Waals surface area contributed by atoms with Crippen molar-refractivity contribution in [2.45, 2.75) is 6.92 Å². The molecule has 23 heavy (non-hydrogen) atoms. The summed E-state index contributed by atoms with van der Waals surface area (Å²) in [7, 11) is 0. The molecule has 0 fully saturated rings. The van der Waals surface area contributed by atoms with Crippen molar-refractivity contribution in [1.82, 2.24) is 0 Å². The van der Waals surface area contributed by atoms with Crippen LogP contribution >= 0.6 is 11.6 Å². The molecule has 0 atom stereocenters. The molecular formula is C16H14ClFN2O3. The summed E-state index contributed by atoms with van der Waals surface area (Å²) in [6, 6.07) is 9.46. The van der Waals surface area contributed by atoms with Gasteiger partial charge in [0.05, 0.1) is 17.9 Å². The molecule has 0 heterocycles. The summed E-state index contributed by atoms with van der Waals surface area (Å²) in [5, 5.41) is 5.14. The van der Waals surface area contributed by atoms with E-state index in [1.807, 2.05) is 0 Å². The summed E-state index contributed by atoms with van der Waals surface area (Å²) in [5.41, 5.74) is 0.835. The number of halogens is 2. The van der Waals surface area contributed by atoms with Crippen LogP contribution in [0.5, 0.6) is 0 Å². The Morgan fingerprint density at radius 3 is 2.43 bits per heavy atom. The summed E-state index contributed by atoms with van der Waals surface area (Å²) in [6.07, 6.45) is 0. The van der Waals surface area contributed by atoms with Crippen LogP contribution in [-0.2, 0) is 4.74 Å². The van der Waals surface area contributed by atoms with Gasteiger partial charge in [0.25, 0.3) is 0 Å². The molecule has 0 unspecified atom stereocenters.